The van der Waals surface area contributed by atoms with Crippen LogP contribution < -0.4 is 10.2 Å². The van der Waals surface area contributed by atoms with Crippen LogP contribution in [0.3, 0.4) is 0 Å². The van der Waals surface area contributed by atoms with Crippen molar-refractivity contribution in [3.05, 3.63) is 45.9 Å². The second kappa shape index (κ2) is 10.6. The zero-order chi connectivity index (χ0) is 20.2. The molecular weight excluding hydrogens is 509 g/mol. The van der Waals surface area contributed by atoms with Crippen molar-refractivity contribution < 1.29 is 4.79 Å². The molecule has 8 heteroatoms. The molecule has 1 aromatic heterocycles. The number of carbonyl (C=O) groups is 1. The van der Waals surface area contributed by atoms with E-state index in [1.54, 1.807) is 11.3 Å². The first-order chi connectivity index (χ1) is 14.2. The minimum atomic E-state index is 0. The van der Waals surface area contributed by atoms with E-state index in [9.17, 15) is 4.79 Å². The second-order valence-corrected chi connectivity index (χ2v) is 8.81. The zero-order valence-corrected chi connectivity index (χ0v) is 20.8. The number of para-hydroxylation sites is 1. The molecule has 6 nitrogen and oxygen atoms in total. The molecule has 1 amide bonds. The molecular formula is C22H30IN5OS. The third kappa shape index (κ3) is 4.96. The summed E-state index contributed by atoms with van der Waals surface area (Å²) < 4.78 is 0. The van der Waals surface area contributed by atoms with Crippen molar-refractivity contribution in [2.24, 2.45) is 4.99 Å². The van der Waals surface area contributed by atoms with Gasteiger partial charge < -0.3 is 15.1 Å². The van der Waals surface area contributed by atoms with Crippen LogP contribution in [-0.4, -0.2) is 48.4 Å². The van der Waals surface area contributed by atoms with Gasteiger partial charge in [-0.05, 0) is 30.9 Å². The van der Waals surface area contributed by atoms with Gasteiger partial charge in [-0.1, -0.05) is 25.1 Å². The van der Waals surface area contributed by atoms with E-state index in [1.165, 1.54) is 16.1 Å². The molecule has 2 aromatic rings. The molecule has 0 bridgehead atoms. The molecule has 30 heavy (non-hydrogen) atoms. The molecule has 1 N–H and O–H groups in total. The Bertz CT molecular complexity index is 899. The summed E-state index contributed by atoms with van der Waals surface area (Å²) in [7, 11) is 1.83. The van der Waals surface area contributed by atoms with E-state index in [0.717, 1.165) is 49.9 Å². The summed E-state index contributed by atoms with van der Waals surface area (Å²) in [5.41, 5.74) is 2.57. The number of aromatic nitrogens is 1. The van der Waals surface area contributed by atoms with E-state index in [-0.39, 0.29) is 24.0 Å². The largest absolute Gasteiger partial charge is 0.349 e. The predicted octanol–water partition coefficient (Wildman–Crippen LogP) is 4.02. The number of hydrogen-bond acceptors (Lipinski definition) is 4. The van der Waals surface area contributed by atoms with Gasteiger partial charge in [0.05, 0.1) is 6.54 Å². The molecule has 162 valence electrons. The summed E-state index contributed by atoms with van der Waals surface area (Å²) in [6.07, 6.45) is 5.68. The number of hydrogen-bond donors (Lipinski definition) is 1. The normalized spacial score (nSPS) is 18.5. The summed E-state index contributed by atoms with van der Waals surface area (Å²) >= 11 is 1.75. The van der Waals surface area contributed by atoms with Crippen LogP contribution in [0.1, 0.15) is 47.6 Å². The Balaban J connectivity index is 0.00000256. The number of likely N-dealkylation sites (tertiary alicyclic amines) is 1. The van der Waals surface area contributed by atoms with Crippen molar-refractivity contribution in [2.45, 2.75) is 45.1 Å². The number of fused-ring (bicyclic) bond motifs is 1. The molecule has 3 heterocycles. The first-order valence-corrected chi connectivity index (χ1v) is 11.3. The Morgan fingerprint density at radius 1 is 1.37 bits per heavy atom. The number of guanidine groups is 1. The van der Waals surface area contributed by atoms with Crippen LogP contribution in [0.15, 0.2) is 35.5 Å². The van der Waals surface area contributed by atoms with E-state index in [2.05, 4.69) is 51.4 Å². The standard InChI is InChI=1S/C22H29N5OS.HI/c1-3-17-13-24-20(29-17)14-25-22(23-2)27-15-16(18-7-4-5-8-19(18)27)10-12-26-11-6-9-21(26)28;/h4-5,7-8,13,16H,3,6,9-12,14-15H2,1-2H3,(H,23,25);1H. The van der Waals surface area contributed by atoms with Gasteiger partial charge in [0, 0.05) is 55.8 Å². The maximum Gasteiger partial charge on any atom is 0.222 e. The lowest BCUT2D eigenvalue weighted by Crippen LogP contribution is -2.40. The van der Waals surface area contributed by atoms with Crippen LogP contribution in [0.4, 0.5) is 5.69 Å². The monoisotopic (exact) mass is 539 g/mol. The third-order valence-corrected chi connectivity index (χ3v) is 6.95. The fourth-order valence-corrected chi connectivity index (χ4v) is 5.04. The average molecular weight is 539 g/mol. The first-order valence-electron chi connectivity index (χ1n) is 10.5. The summed E-state index contributed by atoms with van der Waals surface area (Å²) in [5, 5.41) is 4.57. The van der Waals surface area contributed by atoms with E-state index in [0.29, 0.717) is 24.8 Å². The molecule has 0 aliphatic carbocycles. The predicted molar refractivity (Wildman–Crippen MR) is 134 cm³/mol. The fourth-order valence-electron chi connectivity index (χ4n) is 4.24. The van der Waals surface area contributed by atoms with E-state index in [1.807, 2.05) is 18.1 Å². The average Bonchev–Trinajstić information content (AvgIpc) is 3.46. The van der Waals surface area contributed by atoms with Gasteiger partial charge in [-0.15, -0.1) is 35.3 Å². The molecule has 2 aliphatic heterocycles. The van der Waals surface area contributed by atoms with Crippen LogP contribution in [0.25, 0.3) is 0 Å². The van der Waals surface area contributed by atoms with Crippen LogP contribution in [0.5, 0.6) is 0 Å². The highest BCUT2D eigenvalue weighted by Crippen LogP contribution is 2.38. The summed E-state index contributed by atoms with van der Waals surface area (Å²) in [6.45, 7) is 5.48. The van der Waals surface area contributed by atoms with Crippen LogP contribution in [0, 0.1) is 0 Å². The van der Waals surface area contributed by atoms with Crippen molar-refractivity contribution in [1.82, 2.24) is 15.2 Å². The van der Waals surface area contributed by atoms with E-state index < -0.39 is 0 Å². The number of nitrogens with zero attached hydrogens (tertiary/aromatic N) is 4. The second-order valence-electron chi connectivity index (χ2n) is 7.61. The molecule has 1 unspecified atom stereocenters. The molecule has 0 spiro atoms. The molecule has 1 atom stereocenters. The summed E-state index contributed by atoms with van der Waals surface area (Å²) in [4.78, 5) is 26.6. The molecule has 1 fully saturated rings. The number of rotatable bonds is 6. The van der Waals surface area contributed by atoms with Gasteiger partial charge in [0.2, 0.25) is 5.91 Å². The number of nitrogens with one attached hydrogen (secondary N) is 1. The van der Waals surface area contributed by atoms with Crippen LogP contribution in [0.2, 0.25) is 0 Å². The first kappa shape index (κ1) is 23.0. The molecule has 1 saturated heterocycles. The minimum absolute atomic E-state index is 0. The van der Waals surface area contributed by atoms with Crippen molar-refractivity contribution in [3.63, 3.8) is 0 Å². The Morgan fingerprint density at radius 3 is 2.90 bits per heavy atom. The SMILES string of the molecule is CCc1cnc(CNC(=NC)N2CC(CCN3CCCC3=O)c3ccccc32)s1.I. The smallest absolute Gasteiger partial charge is 0.222 e. The summed E-state index contributed by atoms with van der Waals surface area (Å²) in [6, 6.07) is 8.57. The Labute approximate surface area is 199 Å². The van der Waals surface area contributed by atoms with E-state index >= 15 is 0 Å². The maximum atomic E-state index is 12.0. The molecule has 2 aliphatic rings. The van der Waals surface area contributed by atoms with Gasteiger partial charge in [-0.3, -0.25) is 9.79 Å². The molecule has 1 aromatic carbocycles. The fraction of sp³-hybridized carbons (Fsp3) is 0.500. The van der Waals surface area contributed by atoms with Crippen molar-refractivity contribution in [3.8, 4) is 0 Å². The number of thiazole rings is 1. The highest BCUT2D eigenvalue weighted by Gasteiger charge is 2.32. The Hall–Kier alpha value is -1.68. The number of benzene rings is 1. The topological polar surface area (TPSA) is 60.8 Å². The van der Waals surface area contributed by atoms with Gasteiger partial charge in [-0.2, -0.15) is 0 Å². The van der Waals surface area contributed by atoms with Crippen molar-refractivity contribution >= 4 is 52.9 Å². The third-order valence-electron chi connectivity index (χ3n) is 5.80. The van der Waals surface area contributed by atoms with Crippen LogP contribution in [-0.2, 0) is 17.8 Å². The number of amides is 1. The quantitative estimate of drug-likeness (QED) is 0.343. The van der Waals surface area contributed by atoms with Crippen molar-refractivity contribution in [2.75, 3.05) is 31.6 Å². The lowest BCUT2D eigenvalue weighted by molar-refractivity contribution is -0.127. The zero-order valence-electron chi connectivity index (χ0n) is 17.6. The molecule has 0 radical (unpaired) electrons. The van der Waals surface area contributed by atoms with Gasteiger partial charge in [0.15, 0.2) is 5.96 Å². The van der Waals surface area contributed by atoms with Crippen LogP contribution >= 0.6 is 35.3 Å². The molecule has 0 saturated carbocycles. The lowest BCUT2D eigenvalue weighted by atomic mass is 9.98. The highest BCUT2D eigenvalue weighted by molar-refractivity contribution is 14.0. The van der Waals surface area contributed by atoms with Gasteiger partial charge in [0.1, 0.15) is 5.01 Å². The summed E-state index contributed by atoms with van der Waals surface area (Å²) in [5.74, 6) is 1.59. The number of carbonyl (C=O) groups excluding carboxylic acids is 1. The van der Waals surface area contributed by atoms with Gasteiger partial charge in [-0.25, -0.2) is 4.98 Å². The Morgan fingerprint density at radius 2 is 2.20 bits per heavy atom. The number of anilines is 1. The van der Waals surface area contributed by atoms with E-state index in [4.69, 9.17) is 0 Å². The Kier molecular flexibility index (Phi) is 8.10. The maximum absolute atomic E-state index is 12.0. The molecule has 4 rings (SSSR count). The highest BCUT2D eigenvalue weighted by atomic mass is 127. The number of aryl methyl sites for hydroxylation is 1. The minimum Gasteiger partial charge on any atom is -0.349 e. The number of aliphatic imine (C=N–C) groups is 1. The van der Waals surface area contributed by atoms with Gasteiger partial charge >= 0.3 is 0 Å². The lowest BCUT2D eigenvalue weighted by Gasteiger charge is -2.23. The van der Waals surface area contributed by atoms with Gasteiger partial charge in [0.25, 0.3) is 0 Å². The number of halogens is 1. The van der Waals surface area contributed by atoms with Crippen molar-refractivity contribution in [1.29, 1.82) is 0 Å².